The van der Waals surface area contributed by atoms with E-state index in [9.17, 15) is 0 Å². The molecule has 3 aromatic heterocycles. The topological polar surface area (TPSA) is 51.8 Å². The van der Waals surface area contributed by atoms with Crippen LogP contribution in [0.3, 0.4) is 0 Å². The van der Waals surface area contributed by atoms with Gasteiger partial charge in [0, 0.05) is 54.7 Å². The number of pyridine rings is 1. The molecule has 0 unspecified atom stereocenters. The average molecular weight is 652 g/mol. The van der Waals surface area contributed by atoms with Crippen LogP contribution in [0.15, 0.2) is 180 Å². The minimum atomic E-state index is 0.692. The first-order chi connectivity index (χ1) is 25.3. The maximum Gasteiger partial charge on any atom is 0.160 e. The van der Waals surface area contributed by atoms with Crippen molar-refractivity contribution in [3.8, 4) is 56.3 Å². The van der Waals surface area contributed by atoms with Crippen molar-refractivity contribution in [2.24, 2.45) is 0 Å². The first-order valence-corrected chi connectivity index (χ1v) is 17.1. The minimum Gasteiger partial charge on any atom is -0.455 e. The summed E-state index contributed by atoms with van der Waals surface area (Å²) in [6.07, 6.45) is 0. The molecule has 0 radical (unpaired) electrons. The van der Waals surface area contributed by atoms with Crippen LogP contribution in [0.1, 0.15) is 0 Å². The molecule has 0 spiro atoms. The Morgan fingerprint density at radius 3 is 1.51 bits per heavy atom. The second-order valence-electron chi connectivity index (χ2n) is 12.7. The molecule has 51 heavy (non-hydrogen) atoms. The van der Waals surface area contributed by atoms with Gasteiger partial charge in [-0.15, -0.1) is 0 Å². The third-order valence-corrected chi connectivity index (χ3v) is 9.69. The molecule has 0 saturated heterocycles. The molecule has 7 aromatic carbocycles. The van der Waals surface area contributed by atoms with Crippen LogP contribution in [0.2, 0.25) is 0 Å². The number of para-hydroxylation sites is 2. The molecule has 0 aliphatic carbocycles. The van der Waals surface area contributed by atoms with E-state index < -0.39 is 0 Å². The SMILES string of the molecule is c1ccc(-c2nc(-c3ccccc3)c(-c3ccc(-c4nc5ccccc5c5c4ccc4c6ccccc6oc45)cc3)c(-c3ccccc3)n2)cc1. The van der Waals surface area contributed by atoms with E-state index in [-0.39, 0.29) is 0 Å². The van der Waals surface area contributed by atoms with Gasteiger partial charge in [-0.3, -0.25) is 0 Å². The van der Waals surface area contributed by atoms with Gasteiger partial charge in [-0.2, -0.15) is 0 Å². The quantitative estimate of drug-likeness (QED) is 0.174. The van der Waals surface area contributed by atoms with Gasteiger partial charge >= 0.3 is 0 Å². The Kier molecular flexibility index (Phi) is 6.78. The molecule has 10 aromatic rings. The van der Waals surface area contributed by atoms with Crippen LogP contribution in [0.5, 0.6) is 0 Å². The van der Waals surface area contributed by atoms with E-state index in [4.69, 9.17) is 19.4 Å². The van der Waals surface area contributed by atoms with Crippen molar-refractivity contribution in [3.05, 3.63) is 176 Å². The number of aromatic nitrogens is 3. The highest BCUT2D eigenvalue weighted by Gasteiger charge is 2.21. The van der Waals surface area contributed by atoms with Crippen molar-refractivity contribution in [3.63, 3.8) is 0 Å². The first kappa shape index (κ1) is 29.0. The largest absolute Gasteiger partial charge is 0.455 e. The summed E-state index contributed by atoms with van der Waals surface area (Å²) < 4.78 is 6.55. The summed E-state index contributed by atoms with van der Waals surface area (Å²) in [6.45, 7) is 0. The lowest BCUT2D eigenvalue weighted by Crippen LogP contribution is -2.01. The molecule has 238 valence electrons. The molecule has 0 fully saturated rings. The molecule has 0 aliphatic rings. The Morgan fingerprint density at radius 2 is 0.843 bits per heavy atom. The molecular formula is C47H29N3O. The zero-order chi connectivity index (χ0) is 33.7. The van der Waals surface area contributed by atoms with Crippen molar-refractivity contribution < 1.29 is 4.42 Å². The molecule has 3 heterocycles. The number of nitrogens with zero attached hydrogens (tertiary/aromatic N) is 3. The van der Waals surface area contributed by atoms with Gasteiger partial charge in [-0.25, -0.2) is 15.0 Å². The Balaban J connectivity index is 1.20. The fourth-order valence-electron chi connectivity index (χ4n) is 7.29. The molecule has 0 amide bonds. The zero-order valence-corrected chi connectivity index (χ0v) is 27.5. The van der Waals surface area contributed by atoms with Crippen LogP contribution in [0, 0.1) is 0 Å². The lowest BCUT2D eigenvalue weighted by molar-refractivity contribution is 0.673. The van der Waals surface area contributed by atoms with Gasteiger partial charge in [0.2, 0.25) is 0 Å². The lowest BCUT2D eigenvalue weighted by Gasteiger charge is -2.17. The fourth-order valence-corrected chi connectivity index (χ4v) is 7.29. The fraction of sp³-hybridized carbons (Fsp3) is 0. The predicted octanol–water partition coefficient (Wildman–Crippen LogP) is 12.4. The standard InChI is InChI=1S/C47H29N3O/c1-4-14-31(15-5-1)44-41(45(32-16-6-2-7-17-32)50-47(49-44)34-18-8-3-9-19-34)30-24-26-33(27-25-30)43-38-29-28-36-35-20-11-13-23-40(35)51-46(36)42(38)37-21-10-12-22-39(37)48-43/h1-29H. The van der Waals surface area contributed by atoms with Crippen molar-refractivity contribution in [2.75, 3.05) is 0 Å². The monoisotopic (exact) mass is 651 g/mol. The highest BCUT2D eigenvalue weighted by atomic mass is 16.3. The second-order valence-corrected chi connectivity index (χ2v) is 12.7. The van der Waals surface area contributed by atoms with E-state index in [1.165, 1.54) is 0 Å². The molecule has 0 bridgehead atoms. The normalized spacial score (nSPS) is 11.5. The number of hydrogen-bond donors (Lipinski definition) is 0. The van der Waals surface area contributed by atoms with Gasteiger partial charge in [0.15, 0.2) is 5.82 Å². The van der Waals surface area contributed by atoms with Crippen molar-refractivity contribution >= 4 is 43.6 Å². The Bertz CT molecular complexity index is 2820. The number of benzene rings is 7. The minimum absolute atomic E-state index is 0.692. The zero-order valence-electron chi connectivity index (χ0n) is 27.5. The van der Waals surface area contributed by atoms with Gasteiger partial charge in [0.25, 0.3) is 0 Å². The van der Waals surface area contributed by atoms with Crippen molar-refractivity contribution in [2.45, 2.75) is 0 Å². The first-order valence-electron chi connectivity index (χ1n) is 17.1. The van der Waals surface area contributed by atoms with Crippen LogP contribution in [-0.4, -0.2) is 15.0 Å². The number of hydrogen-bond acceptors (Lipinski definition) is 4. The Morgan fingerprint density at radius 1 is 0.333 bits per heavy atom. The highest BCUT2D eigenvalue weighted by Crippen LogP contribution is 2.43. The van der Waals surface area contributed by atoms with Gasteiger partial charge in [0.1, 0.15) is 11.2 Å². The summed E-state index contributed by atoms with van der Waals surface area (Å²) >= 11 is 0. The predicted molar refractivity (Wildman–Crippen MR) is 209 cm³/mol. The summed E-state index contributed by atoms with van der Waals surface area (Å²) in [5.74, 6) is 0.692. The van der Waals surface area contributed by atoms with Gasteiger partial charge < -0.3 is 4.42 Å². The second kappa shape index (κ2) is 11.9. The van der Waals surface area contributed by atoms with Crippen molar-refractivity contribution in [1.82, 2.24) is 15.0 Å². The van der Waals surface area contributed by atoms with Gasteiger partial charge in [0.05, 0.1) is 22.6 Å². The maximum absolute atomic E-state index is 6.55. The van der Waals surface area contributed by atoms with Crippen LogP contribution in [-0.2, 0) is 0 Å². The molecule has 10 rings (SSSR count). The Hall–Kier alpha value is -6.91. The summed E-state index contributed by atoms with van der Waals surface area (Å²) in [6, 6.07) is 60.6. The van der Waals surface area contributed by atoms with E-state index in [0.717, 1.165) is 94.1 Å². The molecular weight excluding hydrogens is 623 g/mol. The molecule has 0 N–H and O–H groups in total. The number of rotatable bonds is 5. The summed E-state index contributed by atoms with van der Waals surface area (Å²) in [5, 5.41) is 5.43. The lowest BCUT2D eigenvalue weighted by atomic mass is 9.92. The molecule has 0 aliphatic heterocycles. The van der Waals surface area contributed by atoms with Crippen LogP contribution in [0.4, 0.5) is 0 Å². The number of furan rings is 1. The molecule has 0 saturated carbocycles. The van der Waals surface area contributed by atoms with Crippen LogP contribution < -0.4 is 0 Å². The van der Waals surface area contributed by atoms with Crippen molar-refractivity contribution in [1.29, 1.82) is 0 Å². The van der Waals surface area contributed by atoms with Crippen LogP contribution >= 0.6 is 0 Å². The Labute approximate surface area is 294 Å². The van der Waals surface area contributed by atoms with E-state index in [1.807, 2.05) is 48.5 Å². The smallest absolute Gasteiger partial charge is 0.160 e. The van der Waals surface area contributed by atoms with Gasteiger partial charge in [-0.05, 0) is 23.8 Å². The molecule has 4 heteroatoms. The van der Waals surface area contributed by atoms with E-state index >= 15 is 0 Å². The summed E-state index contributed by atoms with van der Waals surface area (Å²) in [4.78, 5) is 15.7. The highest BCUT2D eigenvalue weighted by molar-refractivity contribution is 6.24. The average Bonchev–Trinajstić information content (AvgIpc) is 3.60. The van der Waals surface area contributed by atoms with E-state index in [1.54, 1.807) is 0 Å². The van der Waals surface area contributed by atoms with E-state index in [0.29, 0.717) is 5.82 Å². The van der Waals surface area contributed by atoms with Gasteiger partial charge in [-0.1, -0.05) is 158 Å². The van der Waals surface area contributed by atoms with Crippen LogP contribution in [0.25, 0.3) is 99.9 Å². The summed E-state index contributed by atoms with van der Waals surface area (Å²) in [5.41, 5.74) is 11.5. The maximum atomic E-state index is 6.55. The molecule has 0 atom stereocenters. The summed E-state index contributed by atoms with van der Waals surface area (Å²) in [7, 11) is 0. The number of fused-ring (bicyclic) bond motifs is 7. The van der Waals surface area contributed by atoms with E-state index in [2.05, 4.69) is 127 Å². The third-order valence-electron chi connectivity index (χ3n) is 9.69. The molecule has 4 nitrogen and oxygen atoms in total. The third kappa shape index (κ3) is 4.88.